The lowest BCUT2D eigenvalue weighted by molar-refractivity contribution is -0.120. The van der Waals surface area contributed by atoms with Crippen LogP contribution in [0.25, 0.3) is 10.8 Å². The van der Waals surface area contributed by atoms with Crippen molar-refractivity contribution in [2.75, 3.05) is 6.54 Å². The van der Waals surface area contributed by atoms with Gasteiger partial charge < -0.3 is 5.32 Å². The number of carbonyl (C=O) groups is 2. The molecule has 0 aromatic heterocycles. The summed E-state index contributed by atoms with van der Waals surface area (Å²) in [6.07, 6.45) is 2.01. The van der Waals surface area contributed by atoms with Crippen LogP contribution in [0.1, 0.15) is 42.1 Å². The Kier molecular flexibility index (Phi) is 9.92. The summed E-state index contributed by atoms with van der Waals surface area (Å²) < 4.78 is 27.4. The van der Waals surface area contributed by atoms with E-state index in [4.69, 9.17) is 0 Å². The molecule has 1 unspecified atom stereocenters. The highest BCUT2D eigenvalue weighted by Crippen LogP contribution is 2.25. The van der Waals surface area contributed by atoms with E-state index in [0.717, 1.165) is 23.5 Å². The molecule has 4 aromatic rings. The largest absolute Gasteiger partial charge is 0.342 e. The highest BCUT2D eigenvalue weighted by atomic mass is 32.2. The molecule has 202 valence electrons. The number of benzene rings is 4. The summed E-state index contributed by atoms with van der Waals surface area (Å²) in [5.41, 5.74) is 1.67. The zero-order valence-corrected chi connectivity index (χ0v) is 23.4. The SMILES string of the molecule is CCCCC(NC(=O)c1ccc(SCc2ccc3ccccc3c2)cc1)C(=O)CNS(=O)(=O)c1ccccc1. The molecule has 1 amide bonds. The Labute approximate surface area is 234 Å². The molecule has 0 bridgehead atoms. The predicted octanol–water partition coefficient (Wildman–Crippen LogP) is 5.97. The summed E-state index contributed by atoms with van der Waals surface area (Å²) in [5.74, 6) is 0.0726. The van der Waals surface area contributed by atoms with E-state index in [1.54, 1.807) is 42.1 Å². The molecular weight excluding hydrogens is 528 g/mol. The van der Waals surface area contributed by atoms with Crippen LogP contribution in [-0.2, 0) is 20.6 Å². The van der Waals surface area contributed by atoms with Crippen LogP contribution in [0.2, 0.25) is 0 Å². The second-order valence-electron chi connectivity index (χ2n) is 9.27. The average Bonchev–Trinajstić information content (AvgIpc) is 2.97. The fourth-order valence-corrected chi connectivity index (χ4v) is 5.99. The van der Waals surface area contributed by atoms with Gasteiger partial charge in [-0.1, -0.05) is 80.4 Å². The maximum absolute atomic E-state index is 13.0. The Morgan fingerprint density at radius 3 is 2.26 bits per heavy atom. The standard InChI is InChI=1S/C31H32N2O4S2/c1-2-3-13-29(30(34)21-32-39(36,37)28-11-5-4-6-12-28)33-31(35)25-16-18-27(19-17-25)38-22-23-14-15-24-9-7-8-10-26(24)20-23/h4-12,14-20,29,32H,2-3,13,21-22H2,1H3,(H,33,35). The van der Waals surface area contributed by atoms with Crippen molar-refractivity contribution < 1.29 is 18.0 Å². The smallest absolute Gasteiger partial charge is 0.251 e. The van der Waals surface area contributed by atoms with E-state index in [-0.39, 0.29) is 16.6 Å². The number of nitrogens with one attached hydrogen (secondary N) is 2. The molecule has 0 saturated carbocycles. The number of amides is 1. The second kappa shape index (κ2) is 13.6. The first-order chi connectivity index (χ1) is 18.9. The van der Waals surface area contributed by atoms with Crippen molar-refractivity contribution in [3.05, 3.63) is 108 Å². The number of fused-ring (bicyclic) bond motifs is 1. The number of rotatable bonds is 13. The van der Waals surface area contributed by atoms with Gasteiger partial charge >= 0.3 is 0 Å². The maximum Gasteiger partial charge on any atom is 0.251 e. The van der Waals surface area contributed by atoms with E-state index >= 15 is 0 Å². The molecule has 1 atom stereocenters. The van der Waals surface area contributed by atoms with Crippen LogP contribution in [0.4, 0.5) is 0 Å². The summed E-state index contributed by atoms with van der Waals surface area (Å²) in [6.45, 7) is 1.60. The molecule has 0 saturated heterocycles. The highest BCUT2D eigenvalue weighted by molar-refractivity contribution is 7.98. The van der Waals surface area contributed by atoms with Crippen molar-refractivity contribution >= 4 is 44.2 Å². The fourth-order valence-electron chi connectivity index (χ4n) is 4.13. The molecular formula is C31H32N2O4S2. The first-order valence-corrected chi connectivity index (χ1v) is 15.4. The molecule has 0 heterocycles. The van der Waals surface area contributed by atoms with Gasteiger partial charge in [0.2, 0.25) is 10.0 Å². The number of thioether (sulfide) groups is 1. The highest BCUT2D eigenvalue weighted by Gasteiger charge is 2.23. The number of sulfonamides is 1. The van der Waals surface area contributed by atoms with Crippen LogP contribution in [0.3, 0.4) is 0 Å². The third-order valence-electron chi connectivity index (χ3n) is 6.37. The molecule has 2 N–H and O–H groups in total. The van der Waals surface area contributed by atoms with Crippen molar-refractivity contribution in [2.45, 2.75) is 47.8 Å². The van der Waals surface area contributed by atoms with Gasteiger partial charge in [0.05, 0.1) is 17.5 Å². The molecule has 0 aliphatic heterocycles. The molecule has 0 aliphatic carbocycles. The van der Waals surface area contributed by atoms with Crippen molar-refractivity contribution in [2.24, 2.45) is 0 Å². The lowest BCUT2D eigenvalue weighted by Crippen LogP contribution is -2.45. The number of unbranched alkanes of at least 4 members (excludes halogenated alkanes) is 1. The Balaban J connectivity index is 1.34. The molecule has 0 radical (unpaired) electrons. The number of hydrogen-bond donors (Lipinski definition) is 2. The molecule has 4 rings (SSSR count). The summed E-state index contributed by atoms with van der Waals surface area (Å²) in [5, 5.41) is 5.23. The van der Waals surface area contributed by atoms with Crippen molar-refractivity contribution in [1.29, 1.82) is 0 Å². The molecule has 6 nitrogen and oxygen atoms in total. The van der Waals surface area contributed by atoms with Gasteiger partial charge in [-0.05, 0) is 59.2 Å². The lowest BCUT2D eigenvalue weighted by atomic mass is 10.0. The number of carbonyl (C=O) groups excluding carboxylic acids is 2. The van der Waals surface area contributed by atoms with Gasteiger partial charge in [-0.2, -0.15) is 0 Å². The summed E-state index contributed by atoms with van der Waals surface area (Å²) >= 11 is 1.69. The minimum Gasteiger partial charge on any atom is -0.342 e. The van der Waals surface area contributed by atoms with E-state index in [0.29, 0.717) is 12.0 Å². The van der Waals surface area contributed by atoms with E-state index in [1.807, 2.05) is 31.2 Å². The molecule has 4 aromatic carbocycles. The van der Waals surface area contributed by atoms with E-state index in [9.17, 15) is 18.0 Å². The second-order valence-corrected chi connectivity index (χ2v) is 12.1. The van der Waals surface area contributed by atoms with E-state index in [2.05, 4.69) is 40.4 Å². The van der Waals surface area contributed by atoms with Crippen molar-refractivity contribution in [1.82, 2.24) is 10.0 Å². The minimum atomic E-state index is -3.82. The van der Waals surface area contributed by atoms with Gasteiger partial charge in [0.25, 0.3) is 5.91 Å². The third kappa shape index (κ3) is 8.02. The topological polar surface area (TPSA) is 92.3 Å². The first-order valence-electron chi connectivity index (χ1n) is 12.9. The Morgan fingerprint density at radius 2 is 1.54 bits per heavy atom. The normalized spacial score (nSPS) is 12.2. The fraction of sp³-hybridized carbons (Fsp3) is 0.226. The Bertz CT molecular complexity index is 1520. The van der Waals surface area contributed by atoms with E-state index < -0.39 is 22.6 Å². The monoisotopic (exact) mass is 560 g/mol. The Hall–Kier alpha value is -3.46. The molecule has 0 fully saturated rings. The van der Waals surface area contributed by atoms with Crippen LogP contribution in [0.5, 0.6) is 0 Å². The zero-order chi connectivity index (χ0) is 27.7. The van der Waals surface area contributed by atoms with Gasteiger partial charge in [-0.15, -0.1) is 11.8 Å². The van der Waals surface area contributed by atoms with Gasteiger partial charge in [-0.25, -0.2) is 13.1 Å². The van der Waals surface area contributed by atoms with Gasteiger partial charge in [-0.3, -0.25) is 9.59 Å². The maximum atomic E-state index is 13.0. The number of ketones is 1. The first kappa shape index (κ1) is 28.5. The number of Topliss-reactive ketones (excluding diaryl/α,β-unsaturated/α-hetero) is 1. The Morgan fingerprint density at radius 1 is 0.846 bits per heavy atom. The van der Waals surface area contributed by atoms with Crippen molar-refractivity contribution in [3.8, 4) is 0 Å². The minimum absolute atomic E-state index is 0.0884. The molecule has 39 heavy (non-hydrogen) atoms. The van der Waals surface area contributed by atoms with Gasteiger partial charge in [0.1, 0.15) is 0 Å². The average molecular weight is 561 g/mol. The van der Waals surface area contributed by atoms with Gasteiger partial charge in [0, 0.05) is 16.2 Å². The van der Waals surface area contributed by atoms with Crippen molar-refractivity contribution in [3.63, 3.8) is 0 Å². The quantitative estimate of drug-likeness (QED) is 0.197. The van der Waals surface area contributed by atoms with Crippen LogP contribution in [-0.4, -0.2) is 32.7 Å². The molecule has 0 aliphatic rings. The van der Waals surface area contributed by atoms with Gasteiger partial charge in [0.15, 0.2) is 5.78 Å². The third-order valence-corrected chi connectivity index (χ3v) is 8.87. The summed E-state index contributed by atoms with van der Waals surface area (Å²) in [6, 6.07) is 29.1. The zero-order valence-electron chi connectivity index (χ0n) is 21.8. The molecule has 8 heteroatoms. The van der Waals surface area contributed by atoms with Crippen LogP contribution in [0.15, 0.2) is 107 Å². The van der Waals surface area contributed by atoms with Crippen LogP contribution in [0, 0.1) is 0 Å². The number of hydrogen-bond acceptors (Lipinski definition) is 5. The summed E-state index contributed by atoms with van der Waals surface area (Å²) in [4.78, 5) is 27.0. The van der Waals surface area contributed by atoms with Crippen LogP contribution < -0.4 is 10.0 Å². The van der Waals surface area contributed by atoms with Crippen LogP contribution >= 0.6 is 11.8 Å². The lowest BCUT2D eigenvalue weighted by Gasteiger charge is -2.18. The predicted molar refractivity (Wildman–Crippen MR) is 157 cm³/mol. The summed E-state index contributed by atoms with van der Waals surface area (Å²) in [7, 11) is -3.82. The van der Waals surface area contributed by atoms with E-state index in [1.165, 1.54) is 28.5 Å². The molecule has 0 spiro atoms.